The van der Waals surface area contributed by atoms with Crippen molar-refractivity contribution >= 4 is 41.3 Å². The fraction of sp³-hybridized carbons (Fsp3) is 0.231. The number of carbonyl (C=O) groups excluding carboxylic acids is 2. The lowest BCUT2D eigenvalue weighted by Crippen LogP contribution is -2.49. The van der Waals surface area contributed by atoms with Crippen molar-refractivity contribution in [1.29, 1.82) is 0 Å². The van der Waals surface area contributed by atoms with Gasteiger partial charge in [-0.2, -0.15) is 0 Å². The fourth-order valence-electron chi connectivity index (χ4n) is 4.20. The first-order valence-corrected chi connectivity index (χ1v) is 12.1. The number of methoxy groups -OCH3 is 1. The molecule has 1 saturated heterocycles. The van der Waals surface area contributed by atoms with Crippen molar-refractivity contribution in [1.82, 2.24) is 14.9 Å². The molecule has 178 valence electrons. The number of piperazine rings is 1. The number of fused-ring (bicyclic) bond motifs is 1. The fourth-order valence-corrected chi connectivity index (χ4v) is 5.28. The van der Waals surface area contributed by atoms with E-state index in [0.29, 0.717) is 48.3 Å². The van der Waals surface area contributed by atoms with Crippen molar-refractivity contribution < 1.29 is 14.3 Å². The van der Waals surface area contributed by atoms with Crippen LogP contribution < -0.4 is 14.5 Å². The zero-order valence-electron chi connectivity index (χ0n) is 19.5. The van der Waals surface area contributed by atoms with Gasteiger partial charge in [-0.3, -0.25) is 9.59 Å². The first-order valence-electron chi connectivity index (χ1n) is 11.3. The lowest BCUT2D eigenvalue weighted by Gasteiger charge is -2.35. The Bertz CT molecular complexity index is 1290. The number of ether oxygens (including phenoxy) is 1. The number of hydrogen-bond acceptors (Lipinski definition) is 7. The molecule has 0 atom stereocenters. The minimum Gasteiger partial charge on any atom is -0.496 e. The van der Waals surface area contributed by atoms with E-state index >= 15 is 0 Å². The van der Waals surface area contributed by atoms with Crippen LogP contribution >= 0.6 is 11.8 Å². The summed E-state index contributed by atoms with van der Waals surface area (Å²) in [5, 5.41) is 0. The van der Waals surface area contributed by atoms with Gasteiger partial charge in [-0.25, -0.2) is 9.97 Å². The highest BCUT2D eigenvalue weighted by atomic mass is 32.2. The Morgan fingerprint density at radius 3 is 2.51 bits per heavy atom. The van der Waals surface area contributed by atoms with Gasteiger partial charge in [-0.1, -0.05) is 30.0 Å². The quantitative estimate of drug-likeness (QED) is 0.521. The van der Waals surface area contributed by atoms with Gasteiger partial charge in [0.15, 0.2) is 0 Å². The summed E-state index contributed by atoms with van der Waals surface area (Å²) >= 11 is 1.41. The maximum Gasteiger partial charge on any atom is 0.264 e. The number of amides is 2. The van der Waals surface area contributed by atoms with Gasteiger partial charge in [0.2, 0.25) is 5.95 Å². The lowest BCUT2D eigenvalue weighted by atomic mass is 10.1. The molecular formula is C26H25N5O3S. The second-order valence-corrected chi connectivity index (χ2v) is 9.31. The number of anilines is 2. The van der Waals surface area contributed by atoms with E-state index in [9.17, 15) is 9.59 Å². The first kappa shape index (κ1) is 22.9. The predicted octanol–water partition coefficient (Wildman–Crippen LogP) is 3.56. The van der Waals surface area contributed by atoms with E-state index in [1.807, 2.05) is 53.4 Å². The van der Waals surface area contributed by atoms with Crippen molar-refractivity contribution in [3.05, 3.63) is 77.0 Å². The Morgan fingerprint density at radius 1 is 1.03 bits per heavy atom. The zero-order chi connectivity index (χ0) is 24.4. The Kier molecular flexibility index (Phi) is 6.41. The van der Waals surface area contributed by atoms with Gasteiger partial charge in [-0.05, 0) is 36.4 Å². The number of carbonyl (C=O) groups is 2. The molecule has 0 N–H and O–H groups in total. The summed E-state index contributed by atoms with van der Waals surface area (Å²) in [6.45, 7) is 2.52. The summed E-state index contributed by atoms with van der Waals surface area (Å²) in [5.41, 5.74) is 2.15. The molecule has 0 bridgehead atoms. The Labute approximate surface area is 208 Å². The molecule has 2 amide bonds. The minimum absolute atomic E-state index is 0.0392. The molecule has 0 saturated carbocycles. The summed E-state index contributed by atoms with van der Waals surface area (Å²) in [4.78, 5) is 42.0. The largest absolute Gasteiger partial charge is 0.496 e. The highest BCUT2D eigenvalue weighted by Crippen LogP contribution is 2.42. The van der Waals surface area contributed by atoms with Gasteiger partial charge in [0, 0.05) is 61.6 Å². The number of likely N-dealkylation sites (N-methyl/N-ethyl adjacent to an activating group) is 1. The van der Waals surface area contributed by atoms with Crippen LogP contribution in [0.2, 0.25) is 0 Å². The highest BCUT2D eigenvalue weighted by molar-refractivity contribution is 8.04. The van der Waals surface area contributed by atoms with Gasteiger partial charge in [0.1, 0.15) is 5.75 Å². The third kappa shape index (κ3) is 4.59. The van der Waals surface area contributed by atoms with Gasteiger partial charge < -0.3 is 19.4 Å². The standard InChI is InChI=1S/C26H25N5O3S/c1-29-20-16-19(24(32)30-12-14-31(15-13-30)26-27-10-5-11-28-26)8-9-22(20)35-23(25(29)33)17-18-6-3-4-7-21(18)34-2/h3-11,16-17H,12-15H2,1-2H3/b23-17+. The van der Waals surface area contributed by atoms with E-state index in [-0.39, 0.29) is 11.8 Å². The summed E-state index contributed by atoms with van der Waals surface area (Å²) in [6, 6.07) is 15.0. The normalized spacial score (nSPS) is 16.9. The maximum atomic E-state index is 13.2. The number of para-hydroxylation sites is 1. The number of thioether (sulfide) groups is 1. The van der Waals surface area contributed by atoms with Gasteiger partial charge >= 0.3 is 0 Å². The highest BCUT2D eigenvalue weighted by Gasteiger charge is 2.29. The van der Waals surface area contributed by atoms with Gasteiger partial charge in [0.25, 0.3) is 11.8 Å². The van der Waals surface area contributed by atoms with E-state index in [1.165, 1.54) is 11.8 Å². The molecule has 3 heterocycles. The third-order valence-electron chi connectivity index (χ3n) is 6.13. The predicted molar refractivity (Wildman–Crippen MR) is 137 cm³/mol. The molecular weight excluding hydrogens is 462 g/mol. The van der Waals surface area contributed by atoms with E-state index in [4.69, 9.17) is 4.74 Å². The van der Waals surface area contributed by atoms with Crippen molar-refractivity contribution in [3.63, 3.8) is 0 Å². The Hall–Kier alpha value is -3.85. The molecule has 0 unspecified atom stereocenters. The summed E-state index contributed by atoms with van der Waals surface area (Å²) in [6.07, 6.45) is 5.29. The van der Waals surface area contributed by atoms with Crippen molar-refractivity contribution in [2.75, 3.05) is 50.1 Å². The molecule has 35 heavy (non-hydrogen) atoms. The smallest absolute Gasteiger partial charge is 0.264 e. The number of aromatic nitrogens is 2. The maximum absolute atomic E-state index is 13.2. The van der Waals surface area contributed by atoms with Crippen LogP contribution in [-0.2, 0) is 4.79 Å². The molecule has 0 spiro atoms. The summed E-state index contributed by atoms with van der Waals surface area (Å²) in [5.74, 6) is 1.24. The van der Waals surface area contributed by atoms with E-state index in [1.54, 1.807) is 37.5 Å². The van der Waals surface area contributed by atoms with Crippen LogP contribution in [0.25, 0.3) is 6.08 Å². The molecule has 2 aliphatic heterocycles. The third-order valence-corrected chi connectivity index (χ3v) is 7.21. The molecule has 1 aromatic heterocycles. The molecule has 0 aliphatic carbocycles. The minimum atomic E-state index is -0.116. The molecule has 0 radical (unpaired) electrons. The number of benzene rings is 2. The molecule has 3 aromatic rings. The van der Waals surface area contributed by atoms with Gasteiger partial charge in [0.05, 0.1) is 17.7 Å². The first-order chi connectivity index (χ1) is 17.0. The molecule has 2 aromatic carbocycles. The molecule has 1 fully saturated rings. The average Bonchev–Trinajstić information content (AvgIpc) is 2.92. The van der Waals surface area contributed by atoms with E-state index < -0.39 is 0 Å². The van der Waals surface area contributed by atoms with Gasteiger partial charge in [-0.15, -0.1) is 0 Å². The number of rotatable bonds is 4. The van der Waals surface area contributed by atoms with E-state index in [0.717, 1.165) is 16.1 Å². The van der Waals surface area contributed by atoms with E-state index in [2.05, 4.69) is 14.9 Å². The summed E-state index contributed by atoms with van der Waals surface area (Å²) < 4.78 is 5.42. The molecule has 5 rings (SSSR count). The topological polar surface area (TPSA) is 78.9 Å². The van der Waals surface area contributed by atoms with Crippen molar-refractivity contribution in [2.45, 2.75) is 4.90 Å². The van der Waals surface area contributed by atoms with Crippen LogP contribution in [0.15, 0.2) is 70.7 Å². The Morgan fingerprint density at radius 2 is 1.77 bits per heavy atom. The second kappa shape index (κ2) is 9.79. The molecule has 2 aliphatic rings. The molecule has 8 nitrogen and oxygen atoms in total. The number of nitrogens with zero attached hydrogens (tertiary/aromatic N) is 5. The zero-order valence-corrected chi connectivity index (χ0v) is 20.4. The average molecular weight is 488 g/mol. The Balaban J connectivity index is 1.33. The van der Waals surface area contributed by atoms with Crippen LogP contribution in [-0.4, -0.2) is 67.0 Å². The molecule has 9 heteroatoms. The number of hydrogen-bond donors (Lipinski definition) is 0. The van der Waals surface area contributed by atoms with Crippen LogP contribution in [0.5, 0.6) is 5.75 Å². The van der Waals surface area contributed by atoms with Crippen LogP contribution in [0.1, 0.15) is 15.9 Å². The van der Waals surface area contributed by atoms with Crippen molar-refractivity contribution in [3.8, 4) is 5.75 Å². The van der Waals surface area contributed by atoms with Crippen molar-refractivity contribution in [2.24, 2.45) is 0 Å². The lowest BCUT2D eigenvalue weighted by molar-refractivity contribution is -0.114. The second-order valence-electron chi connectivity index (χ2n) is 8.23. The summed E-state index contributed by atoms with van der Waals surface area (Å²) in [7, 11) is 3.35. The van der Waals surface area contributed by atoms with Crippen LogP contribution in [0.3, 0.4) is 0 Å². The van der Waals surface area contributed by atoms with Crippen LogP contribution in [0.4, 0.5) is 11.6 Å². The SMILES string of the molecule is COc1ccccc1/C=C1/Sc2ccc(C(=O)N3CCN(c4ncccn4)CC3)cc2N(C)C1=O. The van der Waals surface area contributed by atoms with Crippen LogP contribution in [0, 0.1) is 0 Å². The monoisotopic (exact) mass is 487 g/mol.